The molecule has 2 heterocycles. The zero-order valence-electron chi connectivity index (χ0n) is 11.2. The highest BCUT2D eigenvalue weighted by molar-refractivity contribution is 5.69. The first-order valence-corrected chi connectivity index (χ1v) is 6.79. The standard InChI is InChI=1S/C15H15N5/c1-9-4-2-3-5-10(9)11-6-12(11)19-15-16-7-13-14(20-15)18-8-17-13/h2-5,7-8,11-12H,6H2,1H3,(H2,16,17,18,19,20). The molecule has 0 aliphatic heterocycles. The third-order valence-electron chi connectivity index (χ3n) is 3.87. The number of imidazole rings is 1. The lowest BCUT2D eigenvalue weighted by molar-refractivity contribution is 0.999. The van der Waals surface area contributed by atoms with Crippen LogP contribution in [0.15, 0.2) is 36.8 Å². The zero-order valence-corrected chi connectivity index (χ0v) is 11.2. The average molecular weight is 265 g/mol. The molecule has 100 valence electrons. The monoisotopic (exact) mass is 265 g/mol. The highest BCUT2D eigenvalue weighted by atomic mass is 15.2. The fourth-order valence-electron chi connectivity index (χ4n) is 2.68. The molecular formula is C15H15N5. The second kappa shape index (κ2) is 4.30. The van der Waals surface area contributed by atoms with Crippen molar-refractivity contribution in [1.82, 2.24) is 19.9 Å². The largest absolute Gasteiger partial charge is 0.351 e. The molecule has 2 N–H and O–H groups in total. The van der Waals surface area contributed by atoms with Crippen LogP contribution in [0.25, 0.3) is 11.2 Å². The number of benzene rings is 1. The fourth-order valence-corrected chi connectivity index (χ4v) is 2.68. The molecule has 1 saturated carbocycles. The van der Waals surface area contributed by atoms with Crippen LogP contribution in [0.5, 0.6) is 0 Å². The quantitative estimate of drug-likeness (QED) is 0.764. The maximum Gasteiger partial charge on any atom is 0.224 e. The molecule has 5 heteroatoms. The summed E-state index contributed by atoms with van der Waals surface area (Å²) in [7, 11) is 0. The van der Waals surface area contributed by atoms with E-state index in [1.165, 1.54) is 11.1 Å². The summed E-state index contributed by atoms with van der Waals surface area (Å²) < 4.78 is 0. The zero-order chi connectivity index (χ0) is 13.5. The Bertz CT molecular complexity index is 764. The van der Waals surface area contributed by atoms with Gasteiger partial charge in [0.05, 0.1) is 12.5 Å². The highest BCUT2D eigenvalue weighted by Crippen LogP contribution is 2.43. The van der Waals surface area contributed by atoms with E-state index in [-0.39, 0.29) is 0 Å². The van der Waals surface area contributed by atoms with Crippen LogP contribution in [0.1, 0.15) is 23.5 Å². The van der Waals surface area contributed by atoms with E-state index < -0.39 is 0 Å². The Balaban J connectivity index is 1.52. The third kappa shape index (κ3) is 1.91. The minimum atomic E-state index is 0.427. The molecule has 0 bridgehead atoms. The van der Waals surface area contributed by atoms with Crippen molar-refractivity contribution in [2.24, 2.45) is 0 Å². The van der Waals surface area contributed by atoms with Gasteiger partial charge in [-0.1, -0.05) is 24.3 Å². The minimum absolute atomic E-state index is 0.427. The summed E-state index contributed by atoms with van der Waals surface area (Å²) in [5.41, 5.74) is 4.34. The van der Waals surface area contributed by atoms with E-state index in [2.05, 4.69) is 56.4 Å². The number of fused-ring (bicyclic) bond motifs is 1. The molecule has 2 aromatic heterocycles. The molecule has 2 atom stereocenters. The third-order valence-corrected chi connectivity index (χ3v) is 3.87. The second-order valence-corrected chi connectivity index (χ2v) is 5.28. The van der Waals surface area contributed by atoms with Gasteiger partial charge in [-0.2, -0.15) is 4.98 Å². The first-order valence-electron chi connectivity index (χ1n) is 6.79. The van der Waals surface area contributed by atoms with Crippen LogP contribution in [0.3, 0.4) is 0 Å². The number of aryl methyl sites for hydroxylation is 1. The number of aromatic amines is 1. The number of H-pyrrole nitrogens is 1. The maximum atomic E-state index is 4.43. The van der Waals surface area contributed by atoms with Crippen molar-refractivity contribution in [3.8, 4) is 0 Å². The van der Waals surface area contributed by atoms with Gasteiger partial charge in [0.25, 0.3) is 0 Å². The van der Waals surface area contributed by atoms with E-state index in [4.69, 9.17) is 0 Å². The Morgan fingerprint density at radius 2 is 2.15 bits per heavy atom. The van der Waals surface area contributed by atoms with Gasteiger partial charge in [0.2, 0.25) is 5.95 Å². The first kappa shape index (κ1) is 11.4. The van der Waals surface area contributed by atoms with Gasteiger partial charge in [0, 0.05) is 12.0 Å². The Morgan fingerprint density at radius 1 is 1.25 bits per heavy atom. The van der Waals surface area contributed by atoms with Crippen molar-refractivity contribution in [1.29, 1.82) is 0 Å². The molecule has 0 spiro atoms. The number of nitrogens with zero attached hydrogens (tertiary/aromatic N) is 3. The molecule has 0 radical (unpaired) electrons. The van der Waals surface area contributed by atoms with Crippen LogP contribution in [-0.4, -0.2) is 26.0 Å². The summed E-state index contributed by atoms with van der Waals surface area (Å²) in [4.78, 5) is 15.9. The molecule has 1 aromatic carbocycles. The van der Waals surface area contributed by atoms with Gasteiger partial charge in [-0.15, -0.1) is 0 Å². The molecular weight excluding hydrogens is 250 g/mol. The average Bonchev–Trinajstić information content (AvgIpc) is 3.04. The molecule has 2 unspecified atom stereocenters. The number of hydrogen-bond donors (Lipinski definition) is 2. The summed E-state index contributed by atoms with van der Waals surface area (Å²) in [6.45, 7) is 2.16. The predicted molar refractivity (Wildman–Crippen MR) is 77.6 cm³/mol. The minimum Gasteiger partial charge on any atom is -0.351 e. The number of aromatic nitrogens is 4. The van der Waals surface area contributed by atoms with Crippen LogP contribution in [0.4, 0.5) is 5.95 Å². The Kier molecular flexibility index (Phi) is 2.45. The Labute approximate surface area is 116 Å². The molecule has 3 aromatic rings. The van der Waals surface area contributed by atoms with Gasteiger partial charge in [0.15, 0.2) is 5.65 Å². The van der Waals surface area contributed by atoms with Crippen molar-refractivity contribution in [3.05, 3.63) is 47.9 Å². The van der Waals surface area contributed by atoms with Crippen molar-refractivity contribution < 1.29 is 0 Å². The lowest BCUT2D eigenvalue weighted by Crippen LogP contribution is -2.08. The van der Waals surface area contributed by atoms with Crippen LogP contribution in [0.2, 0.25) is 0 Å². The van der Waals surface area contributed by atoms with Crippen molar-refractivity contribution in [2.45, 2.75) is 25.3 Å². The van der Waals surface area contributed by atoms with Crippen LogP contribution < -0.4 is 5.32 Å². The number of anilines is 1. The van der Waals surface area contributed by atoms with Crippen LogP contribution in [0, 0.1) is 6.92 Å². The normalized spacial score (nSPS) is 21.1. The smallest absolute Gasteiger partial charge is 0.224 e. The van der Waals surface area contributed by atoms with Crippen molar-refractivity contribution in [2.75, 3.05) is 5.32 Å². The van der Waals surface area contributed by atoms with E-state index in [0.717, 1.165) is 17.6 Å². The summed E-state index contributed by atoms with van der Waals surface area (Å²) in [5, 5.41) is 3.40. The second-order valence-electron chi connectivity index (χ2n) is 5.28. The predicted octanol–water partition coefficient (Wildman–Crippen LogP) is 2.63. The maximum absolute atomic E-state index is 4.43. The van der Waals surface area contributed by atoms with Crippen molar-refractivity contribution in [3.63, 3.8) is 0 Å². The summed E-state index contributed by atoms with van der Waals surface area (Å²) in [6.07, 6.45) is 4.51. The van der Waals surface area contributed by atoms with Gasteiger partial charge in [0.1, 0.15) is 5.52 Å². The molecule has 0 saturated heterocycles. The molecule has 20 heavy (non-hydrogen) atoms. The van der Waals surface area contributed by atoms with Crippen LogP contribution >= 0.6 is 0 Å². The summed E-state index contributed by atoms with van der Waals surface area (Å²) in [6, 6.07) is 8.99. The van der Waals surface area contributed by atoms with Crippen molar-refractivity contribution >= 4 is 17.1 Å². The summed E-state index contributed by atoms with van der Waals surface area (Å²) in [5.74, 6) is 1.24. The van der Waals surface area contributed by atoms with Gasteiger partial charge >= 0.3 is 0 Å². The van der Waals surface area contributed by atoms with Crippen LogP contribution in [-0.2, 0) is 0 Å². The number of hydrogen-bond acceptors (Lipinski definition) is 4. The lowest BCUT2D eigenvalue weighted by atomic mass is 10.0. The molecule has 4 rings (SSSR count). The van der Waals surface area contributed by atoms with E-state index in [1.807, 2.05) is 0 Å². The lowest BCUT2D eigenvalue weighted by Gasteiger charge is -2.06. The van der Waals surface area contributed by atoms with E-state index in [1.54, 1.807) is 12.5 Å². The number of rotatable bonds is 3. The van der Waals surface area contributed by atoms with Gasteiger partial charge in [-0.25, -0.2) is 9.97 Å². The first-order chi connectivity index (χ1) is 9.81. The van der Waals surface area contributed by atoms with Gasteiger partial charge < -0.3 is 10.3 Å². The van der Waals surface area contributed by atoms with Gasteiger partial charge in [-0.05, 0) is 24.5 Å². The van der Waals surface area contributed by atoms with Gasteiger partial charge in [-0.3, -0.25) is 0 Å². The summed E-state index contributed by atoms with van der Waals surface area (Å²) >= 11 is 0. The fraction of sp³-hybridized carbons (Fsp3) is 0.267. The topological polar surface area (TPSA) is 66.5 Å². The molecule has 1 aliphatic rings. The van der Waals surface area contributed by atoms with E-state index in [0.29, 0.717) is 17.9 Å². The number of nitrogens with one attached hydrogen (secondary N) is 2. The van der Waals surface area contributed by atoms with E-state index in [9.17, 15) is 0 Å². The van der Waals surface area contributed by atoms with E-state index >= 15 is 0 Å². The molecule has 0 amide bonds. The molecule has 5 nitrogen and oxygen atoms in total. The molecule has 1 aliphatic carbocycles. The highest BCUT2D eigenvalue weighted by Gasteiger charge is 2.39. The SMILES string of the molecule is Cc1ccccc1C1CC1Nc1ncc2nc[nH]c2n1. The Hall–Kier alpha value is -2.43. The Morgan fingerprint density at radius 3 is 3.05 bits per heavy atom. The molecule has 1 fully saturated rings.